The van der Waals surface area contributed by atoms with Crippen LogP contribution >= 0.6 is 0 Å². The van der Waals surface area contributed by atoms with E-state index < -0.39 is 0 Å². The van der Waals surface area contributed by atoms with E-state index in [1.54, 1.807) is 6.07 Å². The number of hydrogen-bond acceptors (Lipinski definition) is 3. The number of phenols is 1. The standard InChI is InChI=1S/C56H48N3O.Pt/c1-37-24-26-39(27-25-37)41-30-31-57-49(35-41)44-33-42(38-16-9-7-10-17-38)32-43(34-44)46-21-15-22-51-53(46)58-54(47-20-13-14-23-52(47)60)59(51)50-29-28-45(56(5,6)55(2,3)4)36-48(50)40-18-11-8-12-19-40;/h7-33,35-36,60H,1-6H3;/q-1;. The summed E-state index contributed by atoms with van der Waals surface area (Å²) in [6.07, 6.45) is 1.88. The molecule has 0 radical (unpaired) electrons. The first-order valence-electron chi connectivity index (χ1n) is 20.6. The van der Waals surface area contributed by atoms with Crippen LogP contribution in [-0.2, 0) is 26.5 Å². The number of para-hydroxylation sites is 2. The predicted octanol–water partition coefficient (Wildman–Crippen LogP) is 14.6. The summed E-state index contributed by atoms with van der Waals surface area (Å²) in [6.45, 7) is 13.7. The molecule has 304 valence electrons. The summed E-state index contributed by atoms with van der Waals surface area (Å²) in [4.78, 5) is 10.4. The topological polar surface area (TPSA) is 50.9 Å². The first-order valence-corrected chi connectivity index (χ1v) is 20.6. The summed E-state index contributed by atoms with van der Waals surface area (Å²) in [7, 11) is 0. The molecule has 5 heteroatoms. The molecule has 4 nitrogen and oxygen atoms in total. The van der Waals surface area contributed by atoms with Gasteiger partial charge in [0.15, 0.2) is 0 Å². The number of nitrogens with zero attached hydrogens (tertiary/aromatic N) is 3. The fraction of sp³-hybridized carbons (Fsp3) is 0.143. The number of aromatic hydroxyl groups is 1. The summed E-state index contributed by atoms with van der Waals surface area (Å²) in [5.74, 6) is 0.823. The van der Waals surface area contributed by atoms with Crippen LogP contribution in [0, 0.1) is 18.4 Å². The van der Waals surface area contributed by atoms with Gasteiger partial charge in [0.05, 0.1) is 22.3 Å². The van der Waals surface area contributed by atoms with Crippen molar-refractivity contribution in [1.82, 2.24) is 14.5 Å². The van der Waals surface area contributed by atoms with Gasteiger partial charge in [0.25, 0.3) is 0 Å². The molecule has 0 bridgehead atoms. The van der Waals surface area contributed by atoms with Crippen LogP contribution in [0.5, 0.6) is 5.75 Å². The number of imidazole rings is 1. The number of fused-ring (bicyclic) bond motifs is 1. The molecule has 9 aromatic rings. The third-order valence-electron chi connectivity index (χ3n) is 12.4. The molecule has 0 saturated heterocycles. The Morgan fingerprint density at radius 1 is 0.541 bits per heavy atom. The number of rotatable bonds is 8. The maximum Gasteiger partial charge on any atom is 0.148 e. The molecule has 0 fully saturated rings. The van der Waals surface area contributed by atoms with Gasteiger partial charge in [-0.2, -0.15) is 0 Å². The second-order valence-corrected chi connectivity index (χ2v) is 17.3. The van der Waals surface area contributed by atoms with Crippen molar-refractivity contribution in [2.75, 3.05) is 0 Å². The third kappa shape index (κ3) is 7.89. The molecule has 1 N–H and O–H groups in total. The molecule has 0 aliphatic rings. The molecule has 2 aromatic heterocycles. The van der Waals surface area contributed by atoms with Gasteiger partial charge in [-0.15, -0.1) is 23.8 Å². The first-order chi connectivity index (χ1) is 29.0. The normalized spacial score (nSPS) is 11.7. The number of benzene rings is 7. The Bertz CT molecular complexity index is 3000. The molecule has 0 saturated carbocycles. The van der Waals surface area contributed by atoms with Crippen molar-refractivity contribution in [3.05, 3.63) is 193 Å². The van der Waals surface area contributed by atoms with Crippen molar-refractivity contribution in [2.45, 2.75) is 47.0 Å². The second kappa shape index (κ2) is 16.6. The Morgan fingerprint density at radius 2 is 1.18 bits per heavy atom. The van der Waals surface area contributed by atoms with Gasteiger partial charge in [0, 0.05) is 38.5 Å². The maximum absolute atomic E-state index is 11.5. The average molecular weight is 974 g/mol. The van der Waals surface area contributed by atoms with Crippen LogP contribution in [0.25, 0.3) is 83.9 Å². The monoisotopic (exact) mass is 973 g/mol. The Labute approximate surface area is 373 Å². The van der Waals surface area contributed by atoms with Crippen LogP contribution in [0.2, 0.25) is 0 Å². The van der Waals surface area contributed by atoms with Gasteiger partial charge < -0.3 is 5.11 Å². The summed E-state index contributed by atoms with van der Waals surface area (Å²) in [5, 5.41) is 11.5. The smallest absolute Gasteiger partial charge is 0.148 e. The van der Waals surface area contributed by atoms with E-state index in [2.05, 4.69) is 192 Å². The Kier molecular flexibility index (Phi) is 11.3. The van der Waals surface area contributed by atoms with E-state index in [0.29, 0.717) is 11.4 Å². The fourth-order valence-electron chi connectivity index (χ4n) is 7.96. The largest absolute Gasteiger partial charge is 0.507 e. The van der Waals surface area contributed by atoms with Gasteiger partial charge in [0.2, 0.25) is 0 Å². The van der Waals surface area contributed by atoms with Crippen molar-refractivity contribution >= 4 is 11.0 Å². The Balaban J connectivity index is 0.00000514. The Hall–Kier alpha value is -6.35. The van der Waals surface area contributed by atoms with Crippen LogP contribution in [0.4, 0.5) is 0 Å². The van der Waals surface area contributed by atoms with Gasteiger partial charge in [-0.3, -0.25) is 9.55 Å². The molecule has 2 heterocycles. The average Bonchev–Trinajstić information content (AvgIpc) is 3.66. The van der Waals surface area contributed by atoms with E-state index >= 15 is 0 Å². The van der Waals surface area contributed by atoms with Crippen molar-refractivity contribution < 1.29 is 26.2 Å². The number of aromatic nitrogens is 3. The number of aryl methyl sites for hydroxylation is 1. The number of phenolic OH excluding ortho intramolecular Hbond substituents is 1. The van der Waals surface area contributed by atoms with Crippen LogP contribution < -0.4 is 0 Å². The minimum absolute atomic E-state index is 0. The van der Waals surface area contributed by atoms with Crippen molar-refractivity contribution in [3.8, 4) is 78.6 Å². The summed E-state index contributed by atoms with van der Waals surface area (Å²) in [5.41, 5.74) is 15.9. The van der Waals surface area contributed by atoms with Crippen molar-refractivity contribution in [1.29, 1.82) is 0 Å². The second-order valence-electron chi connectivity index (χ2n) is 17.3. The van der Waals surface area contributed by atoms with Crippen molar-refractivity contribution in [3.63, 3.8) is 0 Å². The quantitative estimate of drug-likeness (QED) is 0.154. The third-order valence-corrected chi connectivity index (χ3v) is 12.4. The van der Waals surface area contributed by atoms with E-state index in [1.807, 2.05) is 30.5 Å². The fourth-order valence-corrected chi connectivity index (χ4v) is 7.96. The molecule has 0 atom stereocenters. The molecular weight excluding hydrogens is 926 g/mol. The molecule has 0 amide bonds. The van der Waals surface area contributed by atoms with E-state index in [-0.39, 0.29) is 37.6 Å². The van der Waals surface area contributed by atoms with Gasteiger partial charge in [-0.25, -0.2) is 4.98 Å². The molecule has 0 spiro atoms. The van der Waals surface area contributed by atoms with Crippen molar-refractivity contribution in [2.24, 2.45) is 5.41 Å². The van der Waals surface area contributed by atoms with Gasteiger partial charge in [0.1, 0.15) is 11.6 Å². The Morgan fingerprint density at radius 3 is 1.89 bits per heavy atom. The molecular formula is C56H48N3OPt-. The van der Waals surface area contributed by atoms with Gasteiger partial charge in [-0.05, 0) is 82.0 Å². The summed E-state index contributed by atoms with van der Waals surface area (Å²) < 4.78 is 2.22. The van der Waals surface area contributed by atoms with E-state index in [1.165, 1.54) is 11.1 Å². The number of hydrogen-bond donors (Lipinski definition) is 1. The molecule has 0 aliphatic heterocycles. The van der Waals surface area contributed by atoms with Crippen LogP contribution in [0.15, 0.2) is 176 Å². The first kappa shape index (κ1) is 41.4. The zero-order valence-electron chi connectivity index (χ0n) is 35.3. The minimum atomic E-state index is -0.119. The SMILES string of the molecule is Cc1ccc(-c2ccnc(-c3[c-]c(-c4cccc5c4nc(-c4ccccc4O)n5-c4ccc(C(C)(C)C(C)(C)C)cc4-c4ccccc4)cc(-c4ccccc4)c3)c2)cc1.[Pt]. The zero-order valence-corrected chi connectivity index (χ0v) is 37.6. The number of pyridine rings is 1. The van der Waals surface area contributed by atoms with E-state index in [4.69, 9.17) is 9.97 Å². The van der Waals surface area contributed by atoms with Crippen LogP contribution in [0.3, 0.4) is 0 Å². The van der Waals surface area contributed by atoms with Gasteiger partial charge >= 0.3 is 0 Å². The van der Waals surface area contributed by atoms with Gasteiger partial charge in [-0.1, -0.05) is 178 Å². The molecule has 7 aromatic carbocycles. The van der Waals surface area contributed by atoms with Crippen LogP contribution in [0.1, 0.15) is 45.7 Å². The minimum Gasteiger partial charge on any atom is -0.507 e. The van der Waals surface area contributed by atoms with E-state index in [0.717, 1.165) is 72.5 Å². The zero-order chi connectivity index (χ0) is 41.6. The maximum atomic E-state index is 11.5. The molecule has 61 heavy (non-hydrogen) atoms. The van der Waals surface area contributed by atoms with Crippen LogP contribution in [-0.4, -0.2) is 19.6 Å². The molecule has 0 unspecified atom stereocenters. The van der Waals surface area contributed by atoms with E-state index in [9.17, 15) is 5.11 Å². The predicted molar refractivity (Wildman–Crippen MR) is 249 cm³/mol. The molecule has 0 aliphatic carbocycles. The molecule has 9 rings (SSSR count). The summed E-state index contributed by atoms with van der Waals surface area (Å²) >= 11 is 0. The summed E-state index contributed by atoms with van der Waals surface area (Å²) in [6, 6.07) is 62.7.